The van der Waals surface area contributed by atoms with Crippen molar-refractivity contribution in [3.8, 4) is 11.4 Å². The molecule has 0 aliphatic heterocycles. The van der Waals surface area contributed by atoms with Crippen LogP contribution in [0, 0.1) is 0 Å². The van der Waals surface area contributed by atoms with Crippen LogP contribution in [-0.2, 0) is 0 Å². The second-order valence-corrected chi connectivity index (χ2v) is 6.50. The molecular formula is C18H16N6O2. The largest absolute Gasteiger partial charge is 0.508 e. The molecule has 3 heterocycles. The SMILES string of the molecule is Oc1ccc(-n2cc([C@H](O)c3c(C4CC4)ncc4cncn34)nn2)cc1. The summed E-state index contributed by atoms with van der Waals surface area (Å²) in [7, 11) is 0. The van der Waals surface area contributed by atoms with Gasteiger partial charge in [-0.25, -0.2) is 9.67 Å². The van der Waals surface area contributed by atoms with Crippen molar-refractivity contribution in [2.75, 3.05) is 0 Å². The third-order valence-corrected chi connectivity index (χ3v) is 4.65. The Kier molecular flexibility index (Phi) is 3.26. The van der Waals surface area contributed by atoms with Crippen LogP contribution < -0.4 is 0 Å². The second-order valence-electron chi connectivity index (χ2n) is 6.50. The number of hydrogen-bond acceptors (Lipinski definition) is 6. The van der Waals surface area contributed by atoms with Gasteiger partial charge in [-0.3, -0.25) is 9.38 Å². The van der Waals surface area contributed by atoms with Gasteiger partial charge in [0.25, 0.3) is 0 Å². The van der Waals surface area contributed by atoms with Gasteiger partial charge in [-0.15, -0.1) is 5.10 Å². The number of aromatic nitrogens is 6. The van der Waals surface area contributed by atoms with E-state index < -0.39 is 6.10 Å². The summed E-state index contributed by atoms with van der Waals surface area (Å²) in [5, 5.41) is 28.7. The summed E-state index contributed by atoms with van der Waals surface area (Å²) in [6.07, 6.45) is 8.06. The number of phenols is 1. The van der Waals surface area contributed by atoms with Crippen molar-refractivity contribution >= 4 is 5.52 Å². The van der Waals surface area contributed by atoms with E-state index in [1.54, 1.807) is 53.9 Å². The van der Waals surface area contributed by atoms with Crippen molar-refractivity contribution in [3.63, 3.8) is 0 Å². The molecule has 1 fully saturated rings. The van der Waals surface area contributed by atoms with Crippen LogP contribution in [0.1, 0.15) is 41.9 Å². The van der Waals surface area contributed by atoms with Crippen molar-refractivity contribution in [1.82, 2.24) is 29.4 Å². The molecule has 1 aromatic carbocycles. The molecule has 4 aromatic rings. The van der Waals surface area contributed by atoms with E-state index >= 15 is 0 Å². The van der Waals surface area contributed by atoms with Gasteiger partial charge >= 0.3 is 0 Å². The molecule has 1 aliphatic rings. The first-order chi connectivity index (χ1) is 12.7. The summed E-state index contributed by atoms with van der Waals surface area (Å²) in [4.78, 5) is 8.73. The molecule has 0 radical (unpaired) electrons. The van der Waals surface area contributed by atoms with Crippen molar-refractivity contribution in [1.29, 1.82) is 0 Å². The third kappa shape index (κ3) is 2.42. The average molecular weight is 348 g/mol. The molecule has 5 rings (SSSR count). The van der Waals surface area contributed by atoms with Gasteiger partial charge in [0.05, 0.1) is 47.5 Å². The van der Waals surface area contributed by atoms with E-state index in [9.17, 15) is 10.2 Å². The van der Waals surface area contributed by atoms with Crippen LogP contribution in [0.4, 0.5) is 0 Å². The number of nitrogens with zero attached hydrogens (tertiary/aromatic N) is 6. The number of aromatic hydroxyl groups is 1. The Labute approximate surface area is 148 Å². The number of rotatable bonds is 4. The molecule has 8 heteroatoms. The molecule has 0 saturated heterocycles. The topological polar surface area (TPSA) is 101 Å². The van der Waals surface area contributed by atoms with E-state index in [1.165, 1.54) is 0 Å². The molecule has 1 aliphatic carbocycles. The Balaban J connectivity index is 1.57. The van der Waals surface area contributed by atoms with E-state index in [4.69, 9.17) is 0 Å². The summed E-state index contributed by atoms with van der Waals surface area (Å²) >= 11 is 0. The van der Waals surface area contributed by atoms with Crippen LogP contribution in [0.5, 0.6) is 5.75 Å². The molecule has 0 spiro atoms. The Bertz CT molecular complexity index is 1080. The van der Waals surface area contributed by atoms with Gasteiger partial charge in [-0.2, -0.15) is 0 Å². The third-order valence-electron chi connectivity index (χ3n) is 4.65. The summed E-state index contributed by atoms with van der Waals surface area (Å²) in [6, 6.07) is 6.62. The highest BCUT2D eigenvalue weighted by Crippen LogP contribution is 2.42. The maximum absolute atomic E-state index is 11.0. The molecule has 0 unspecified atom stereocenters. The second kappa shape index (κ2) is 5.63. The van der Waals surface area contributed by atoms with Crippen LogP contribution in [-0.4, -0.2) is 39.6 Å². The van der Waals surface area contributed by atoms with Gasteiger partial charge in [-0.05, 0) is 37.1 Å². The minimum absolute atomic E-state index is 0.182. The lowest BCUT2D eigenvalue weighted by molar-refractivity contribution is 0.206. The highest BCUT2D eigenvalue weighted by atomic mass is 16.3. The first kappa shape index (κ1) is 15.0. The minimum atomic E-state index is -0.957. The van der Waals surface area contributed by atoms with Gasteiger partial charge in [0.1, 0.15) is 17.5 Å². The van der Waals surface area contributed by atoms with Crippen molar-refractivity contribution < 1.29 is 10.2 Å². The lowest BCUT2D eigenvalue weighted by atomic mass is 10.1. The van der Waals surface area contributed by atoms with Crippen LogP contribution in [0.15, 0.2) is 49.2 Å². The molecule has 26 heavy (non-hydrogen) atoms. The molecule has 3 aromatic heterocycles. The Morgan fingerprint density at radius 3 is 2.69 bits per heavy atom. The molecule has 0 amide bonds. The van der Waals surface area contributed by atoms with Crippen molar-refractivity contribution in [3.05, 3.63) is 66.3 Å². The Morgan fingerprint density at radius 2 is 1.92 bits per heavy atom. The fraction of sp³-hybridized carbons (Fsp3) is 0.222. The van der Waals surface area contributed by atoms with Crippen molar-refractivity contribution in [2.45, 2.75) is 24.9 Å². The van der Waals surface area contributed by atoms with E-state index in [1.807, 2.05) is 4.40 Å². The van der Waals surface area contributed by atoms with Crippen LogP contribution >= 0.6 is 0 Å². The summed E-state index contributed by atoms with van der Waals surface area (Å²) in [5.41, 5.74) is 3.59. The first-order valence-electron chi connectivity index (χ1n) is 8.41. The van der Waals surface area contributed by atoms with Crippen molar-refractivity contribution in [2.24, 2.45) is 0 Å². The van der Waals surface area contributed by atoms with E-state index in [0.29, 0.717) is 17.3 Å². The van der Waals surface area contributed by atoms with Gasteiger partial charge in [-0.1, -0.05) is 5.21 Å². The molecule has 8 nitrogen and oxygen atoms in total. The average Bonchev–Trinajstić information content (AvgIpc) is 3.18. The van der Waals surface area contributed by atoms with Gasteiger partial charge in [0.15, 0.2) is 0 Å². The normalized spacial score (nSPS) is 15.4. The zero-order chi connectivity index (χ0) is 17.7. The van der Waals surface area contributed by atoms with Gasteiger partial charge < -0.3 is 10.2 Å². The zero-order valence-corrected chi connectivity index (χ0v) is 13.8. The van der Waals surface area contributed by atoms with Gasteiger partial charge in [0, 0.05) is 5.92 Å². The predicted molar refractivity (Wildman–Crippen MR) is 92.0 cm³/mol. The van der Waals surface area contributed by atoms with E-state index in [2.05, 4.69) is 20.3 Å². The maximum Gasteiger partial charge on any atom is 0.142 e. The lowest BCUT2D eigenvalue weighted by Gasteiger charge is -2.15. The Hall–Kier alpha value is -3.26. The molecule has 0 bridgehead atoms. The highest BCUT2D eigenvalue weighted by molar-refractivity contribution is 5.47. The quantitative estimate of drug-likeness (QED) is 0.585. The lowest BCUT2D eigenvalue weighted by Crippen LogP contribution is -2.11. The number of benzene rings is 1. The van der Waals surface area contributed by atoms with Crippen LogP contribution in [0.25, 0.3) is 11.2 Å². The monoisotopic (exact) mass is 348 g/mol. The Morgan fingerprint density at radius 1 is 1.12 bits per heavy atom. The molecule has 1 saturated carbocycles. The smallest absolute Gasteiger partial charge is 0.142 e. The highest BCUT2D eigenvalue weighted by Gasteiger charge is 2.32. The number of fused-ring (bicyclic) bond motifs is 1. The predicted octanol–water partition coefficient (Wildman–Crippen LogP) is 1.97. The van der Waals surface area contributed by atoms with E-state index in [-0.39, 0.29) is 5.75 Å². The number of phenolic OH excluding ortho intramolecular Hbond substituents is 1. The van der Waals surface area contributed by atoms with E-state index in [0.717, 1.165) is 29.7 Å². The number of imidazole rings is 1. The molecule has 130 valence electrons. The van der Waals surface area contributed by atoms with Gasteiger partial charge in [0.2, 0.25) is 0 Å². The fourth-order valence-corrected chi connectivity index (χ4v) is 3.14. The maximum atomic E-state index is 11.0. The molecule has 2 N–H and O–H groups in total. The number of hydrogen-bond donors (Lipinski definition) is 2. The number of aliphatic hydroxyl groups is 1. The van der Waals surface area contributed by atoms with Crippen LogP contribution in [0.3, 0.4) is 0 Å². The van der Waals surface area contributed by atoms with Crippen LogP contribution in [0.2, 0.25) is 0 Å². The summed E-state index contributed by atoms with van der Waals surface area (Å²) < 4.78 is 3.43. The minimum Gasteiger partial charge on any atom is -0.508 e. The molecule has 1 atom stereocenters. The fourth-order valence-electron chi connectivity index (χ4n) is 3.14. The standard InChI is InChI=1S/C18H16N6O2/c25-14-5-3-12(4-6-14)24-9-15(21-22-24)18(26)17-16(11-1-2-11)20-8-13-7-19-10-23(13)17/h3-11,18,25-26H,1-2H2/t18-/m0/s1. The first-order valence-corrected chi connectivity index (χ1v) is 8.41. The molecular weight excluding hydrogens is 332 g/mol. The zero-order valence-electron chi connectivity index (χ0n) is 13.8. The number of aliphatic hydroxyl groups excluding tert-OH is 1. The summed E-state index contributed by atoms with van der Waals surface area (Å²) in [6.45, 7) is 0. The summed E-state index contributed by atoms with van der Waals surface area (Å²) in [5.74, 6) is 0.555.